The number of benzene rings is 1. The van der Waals surface area contributed by atoms with Crippen LogP contribution in [0.2, 0.25) is 0 Å². The molecule has 0 amide bonds. The van der Waals surface area contributed by atoms with Crippen LogP contribution in [0.4, 0.5) is 0 Å². The Balaban J connectivity index is 2.01. The van der Waals surface area contributed by atoms with Crippen LogP contribution in [0, 0.1) is 0 Å². The van der Waals surface area contributed by atoms with Crippen molar-refractivity contribution in [2.45, 2.75) is 51.5 Å². The molecule has 160 valence electrons. The lowest BCUT2D eigenvalue weighted by atomic mass is 10.1. The minimum Gasteiger partial charge on any atom is -0.357 e. The number of rotatable bonds is 9. The Morgan fingerprint density at radius 1 is 1.10 bits per heavy atom. The molecule has 1 aromatic heterocycles. The fourth-order valence-electron chi connectivity index (χ4n) is 3.30. The van der Waals surface area contributed by atoms with E-state index < -0.39 is 9.84 Å². The van der Waals surface area contributed by atoms with Crippen molar-refractivity contribution in [3.05, 3.63) is 46.8 Å². The van der Waals surface area contributed by atoms with E-state index in [-0.39, 0.29) is 0 Å². The van der Waals surface area contributed by atoms with Gasteiger partial charge in [0.25, 0.3) is 0 Å². The van der Waals surface area contributed by atoms with Crippen LogP contribution in [0.3, 0.4) is 0 Å². The summed E-state index contributed by atoms with van der Waals surface area (Å²) in [5.41, 5.74) is 4.63. The molecule has 1 heterocycles. The van der Waals surface area contributed by atoms with Crippen LogP contribution in [-0.4, -0.2) is 43.5 Å². The molecule has 0 spiro atoms. The van der Waals surface area contributed by atoms with Gasteiger partial charge < -0.3 is 10.6 Å². The molecule has 2 rings (SSSR count). The maximum Gasteiger partial charge on any atom is 0.191 e. The minimum absolute atomic E-state index is 0.346. The molecule has 0 saturated heterocycles. The number of sulfone groups is 1. The van der Waals surface area contributed by atoms with Gasteiger partial charge in [-0.25, -0.2) is 13.4 Å². The zero-order valence-corrected chi connectivity index (χ0v) is 18.9. The van der Waals surface area contributed by atoms with Crippen molar-refractivity contribution >= 4 is 15.8 Å². The molecule has 0 radical (unpaired) electrons. The third-order valence-corrected chi connectivity index (χ3v) is 5.95. The van der Waals surface area contributed by atoms with Crippen molar-refractivity contribution in [2.75, 3.05) is 19.3 Å². The lowest BCUT2D eigenvalue weighted by molar-refractivity contribution is 0.602. The predicted molar refractivity (Wildman–Crippen MR) is 118 cm³/mol. The van der Waals surface area contributed by atoms with E-state index in [9.17, 15) is 8.42 Å². The summed E-state index contributed by atoms with van der Waals surface area (Å²) in [5.74, 6) is 0.771. The number of aromatic nitrogens is 2. The molecule has 0 unspecified atom stereocenters. The maximum absolute atomic E-state index is 11.6. The predicted octanol–water partition coefficient (Wildman–Crippen LogP) is 2.25. The second-order valence-electron chi connectivity index (χ2n) is 6.99. The summed E-state index contributed by atoms with van der Waals surface area (Å²) in [4.78, 5) is 5.10. The van der Waals surface area contributed by atoms with Gasteiger partial charge in [-0.1, -0.05) is 26.0 Å². The highest BCUT2D eigenvalue weighted by Crippen LogP contribution is 2.16. The summed E-state index contributed by atoms with van der Waals surface area (Å²) in [5, 5.41) is 11.3. The fraction of sp³-hybridized carbons (Fsp3) is 0.524. The number of aryl methyl sites for hydroxylation is 2. The summed E-state index contributed by atoms with van der Waals surface area (Å²) in [6, 6.07) is 7.04. The Labute approximate surface area is 174 Å². The van der Waals surface area contributed by atoms with E-state index in [4.69, 9.17) is 4.99 Å². The summed E-state index contributed by atoms with van der Waals surface area (Å²) in [6.07, 6.45) is 3.83. The van der Waals surface area contributed by atoms with Gasteiger partial charge in [-0.05, 0) is 43.9 Å². The number of aliphatic imine (C=N–C) groups is 1. The van der Waals surface area contributed by atoms with E-state index in [2.05, 4.69) is 29.6 Å². The Morgan fingerprint density at radius 3 is 2.34 bits per heavy atom. The number of nitrogens with zero attached hydrogens (tertiary/aromatic N) is 3. The lowest BCUT2D eigenvalue weighted by Crippen LogP contribution is -2.38. The van der Waals surface area contributed by atoms with E-state index in [1.807, 2.05) is 30.8 Å². The third kappa shape index (κ3) is 6.32. The van der Waals surface area contributed by atoms with E-state index in [0.29, 0.717) is 18.0 Å². The molecule has 1 aromatic carbocycles. The Kier molecular flexibility index (Phi) is 8.25. The van der Waals surface area contributed by atoms with Crippen LogP contribution in [0.5, 0.6) is 0 Å². The van der Waals surface area contributed by atoms with Crippen LogP contribution >= 0.6 is 0 Å². The van der Waals surface area contributed by atoms with Crippen LogP contribution < -0.4 is 10.6 Å². The van der Waals surface area contributed by atoms with Gasteiger partial charge in [-0.3, -0.25) is 4.68 Å². The van der Waals surface area contributed by atoms with E-state index >= 15 is 0 Å². The van der Waals surface area contributed by atoms with Crippen LogP contribution in [0.25, 0.3) is 0 Å². The molecule has 2 N–H and O–H groups in total. The first kappa shape index (κ1) is 22.9. The van der Waals surface area contributed by atoms with Gasteiger partial charge in [0.2, 0.25) is 0 Å². The zero-order valence-electron chi connectivity index (χ0n) is 18.1. The van der Waals surface area contributed by atoms with Crippen molar-refractivity contribution < 1.29 is 8.42 Å². The first-order valence-corrected chi connectivity index (χ1v) is 12.0. The Bertz CT molecular complexity index is 931. The molecule has 0 aliphatic carbocycles. The van der Waals surface area contributed by atoms with Crippen LogP contribution in [0.15, 0.2) is 34.2 Å². The van der Waals surface area contributed by atoms with Crippen molar-refractivity contribution in [3.8, 4) is 0 Å². The SMILES string of the molecule is CCNC(=NCc1c(CC)nn(C)c1CC)NCCc1ccc(S(C)(=O)=O)cc1. The average molecular weight is 420 g/mol. The van der Waals surface area contributed by atoms with Gasteiger partial charge in [0, 0.05) is 37.7 Å². The molecular weight excluding hydrogens is 386 g/mol. The highest BCUT2D eigenvalue weighted by atomic mass is 32.2. The van der Waals surface area contributed by atoms with E-state index in [0.717, 1.165) is 43.0 Å². The van der Waals surface area contributed by atoms with Gasteiger partial charge in [-0.15, -0.1) is 0 Å². The zero-order chi connectivity index (χ0) is 21.4. The maximum atomic E-state index is 11.6. The molecule has 0 fully saturated rings. The number of guanidine groups is 1. The number of hydrogen-bond donors (Lipinski definition) is 2. The lowest BCUT2D eigenvalue weighted by Gasteiger charge is -2.12. The summed E-state index contributed by atoms with van der Waals surface area (Å²) in [6.45, 7) is 8.38. The fourth-order valence-corrected chi connectivity index (χ4v) is 3.93. The molecule has 0 saturated carbocycles. The monoisotopic (exact) mass is 419 g/mol. The van der Waals surface area contributed by atoms with Crippen molar-refractivity contribution in [2.24, 2.45) is 12.0 Å². The van der Waals surface area contributed by atoms with Crippen molar-refractivity contribution in [1.29, 1.82) is 0 Å². The first-order chi connectivity index (χ1) is 13.8. The summed E-state index contributed by atoms with van der Waals surface area (Å²) < 4.78 is 25.1. The highest BCUT2D eigenvalue weighted by Gasteiger charge is 2.13. The van der Waals surface area contributed by atoms with Crippen LogP contribution in [0.1, 0.15) is 43.3 Å². The van der Waals surface area contributed by atoms with Crippen LogP contribution in [-0.2, 0) is 42.7 Å². The molecule has 0 atom stereocenters. The van der Waals surface area contributed by atoms with Crippen molar-refractivity contribution in [1.82, 2.24) is 20.4 Å². The molecule has 2 aromatic rings. The standard InChI is InChI=1S/C21H33N5O2S/c1-6-19-18(20(7-2)26(4)25-19)15-24-21(22-8-3)23-14-13-16-9-11-17(12-10-16)29(5,27)28/h9-12H,6-8,13-15H2,1-5H3,(H2,22,23,24). The quantitative estimate of drug-likeness (QED) is 0.481. The smallest absolute Gasteiger partial charge is 0.191 e. The summed E-state index contributed by atoms with van der Waals surface area (Å²) >= 11 is 0. The minimum atomic E-state index is -3.16. The Hall–Kier alpha value is -2.35. The molecule has 29 heavy (non-hydrogen) atoms. The highest BCUT2D eigenvalue weighted by molar-refractivity contribution is 7.90. The van der Waals surface area contributed by atoms with E-state index in [1.165, 1.54) is 17.5 Å². The van der Waals surface area contributed by atoms with Gasteiger partial charge in [0.15, 0.2) is 15.8 Å². The second kappa shape index (κ2) is 10.4. The topological polar surface area (TPSA) is 88.4 Å². The van der Waals surface area contributed by atoms with Gasteiger partial charge >= 0.3 is 0 Å². The van der Waals surface area contributed by atoms with Gasteiger partial charge in [-0.2, -0.15) is 5.10 Å². The normalized spacial score (nSPS) is 12.2. The van der Waals surface area contributed by atoms with Gasteiger partial charge in [0.1, 0.15) is 0 Å². The van der Waals surface area contributed by atoms with Gasteiger partial charge in [0.05, 0.1) is 17.1 Å². The third-order valence-electron chi connectivity index (χ3n) is 4.82. The molecule has 0 aliphatic rings. The molecule has 7 nitrogen and oxygen atoms in total. The Morgan fingerprint density at radius 2 is 1.79 bits per heavy atom. The average Bonchev–Trinajstić information content (AvgIpc) is 3.00. The largest absolute Gasteiger partial charge is 0.357 e. The van der Waals surface area contributed by atoms with Crippen molar-refractivity contribution in [3.63, 3.8) is 0 Å². The molecule has 8 heteroatoms. The molecular formula is C21H33N5O2S. The number of hydrogen-bond acceptors (Lipinski definition) is 4. The molecule has 0 aliphatic heterocycles. The molecule has 0 bridgehead atoms. The first-order valence-electron chi connectivity index (χ1n) is 10.1. The number of nitrogens with one attached hydrogen (secondary N) is 2. The second-order valence-corrected chi connectivity index (χ2v) is 9.01. The summed E-state index contributed by atoms with van der Waals surface area (Å²) in [7, 11) is -1.17. The van der Waals surface area contributed by atoms with E-state index in [1.54, 1.807) is 12.1 Å².